The third-order valence-electron chi connectivity index (χ3n) is 5.00. The number of benzene rings is 3. The number of fused-ring (bicyclic) bond motifs is 1. The molecule has 0 aromatic heterocycles. The van der Waals surface area contributed by atoms with E-state index in [1.54, 1.807) is 12.1 Å². The van der Waals surface area contributed by atoms with Crippen LogP contribution in [0.1, 0.15) is 15.9 Å². The molecule has 1 aliphatic heterocycles. The van der Waals surface area contributed by atoms with Gasteiger partial charge >= 0.3 is 5.97 Å². The Balaban J connectivity index is 1.53. The quantitative estimate of drug-likeness (QED) is 0.372. The van der Waals surface area contributed by atoms with Gasteiger partial charge in [-0.2, -0.15) is 0 Å². The summed E-state index contributed by atoms with van der Waals surface area (Å²) in [6.45, 7) is 2.29. The lowest BCUT2D eigenvalue weighted by atomic mass is 10.1. The van der Waals surface area contributed by atoms with Crippen molar-refractivity contribution in [3.8, 4) is 0 Å². The first-order valence-electron chi connectivity index (χ1n) is 9.38. The molecule has 7 heteroatoms. The molecule has 7 nitrogen and oxygen atoms in total. The van der Waals surface area contributed by atoms with Gasteiger partial charge in [-0.15, -0.1) is 0 Å². The van der Waals surface area contributed by atoms with E-state index in [1.165, 1.54) is 6.07 Å². The minimum atomic E-state index is -0.588. The summed E-state index contributed by atoms with van der Waals surface area (Å²) in [7, 11) is 0. The molecule has 4 rings (SSSR count). The number of hydrogen-bond donors (Lipinski definition) is 0. The van der Waals surface area contributed by atoms with Gasteiger partial charge in [-0.3, -0.25) is 10.1 Å². The van der Waals surface area contributed by atoms with Gasteiger partial charge in [0.2, 0.25) is 0 Å². The summed E-state index contributed by atoms with van der Waals surface area (Å²) in [4.78, 5) is 25.5. The number of anilines is 1. The van der Waals surface area contributed by atoms with E-state index in [2.05, 4.69) is 0 Å². The number of hydrogen-bond acceptors (Lipinski definition) is 6. The fourth-order valence-corrected chi connectivity index (χ4v) is 3.51. The normalized spacial score (nSPS) is 14.0. The van der Waals surface area contributed by atoms with Crippen LogP contribution in [-0.2, 0) is 16.1 Å². The summed E-state index contributed by atoms with van der Waals surface area (Å²) in [6.07, 6.45) is 0. The summed E-state index contributed by atoms with van der Waals surface area (Å²) >= 11 is 0. The van der Waals surface area contributed by atoms with E-state index in [0.29, 0.717) is 32.0 Å². The fourth-order valence-electron chi connectivity index (χ4n) is 3.51. The lowest BCUT2D eigenvalue weighted by Gasteiger charge is -2.28. The Kier molecular flexibility index (Phi) is 5.39. The highest BCUT2D eigenvalue weighted by atomic mass is 16.6. The Morgan fingerprint density at radius 1 is 1.07 bits per heavy atom. The number of nitro benzene ring substituents is 1. The van der Waals surface area contributed by atoms with Crippen LogP contribution in [0.3, 0.4) is 0 Å². The Morgan fingerprint density at radius 3 is 2.62 bits per heavy atom. The van der Waals surface area contributed by atoms with Crippen LogP contribution in [0.25, 0.3) is 10.8 Å². The third kappa shape index (κ3) is 4.05. The zero-order valence-electron chi connectivity index (χ0n) is 15.7. The average Bonchev–Trinajstić information content (AvgIpc) is 2.77. The lowest BCUT2D eigenvalue weighted by Crippen LogP contribution is -2.36. The minimum Gasteiger partial charge on any atom is -0.457 e. The average molecular weight is 392 g/mol. The monoisotopic (exact) mass is 392 g/mol. The molecule has 0 atom stereocenters. The van der Waals surface area contributed by atoms with Crippen LogP contribution >= 0.6 is 0 Å². The second-order valence-electron chi connectivity index (χ2n) is 6.77. The van der Waals surface area contributed by atoms with Crippen molar-refractivity contribution in [2.45, 2.75) is 6.61 Å². The van der Waals surface area contributed by atoms with E-state index in [4.69, 9.17) is 9.47 Å². The van der Waals surface area contributed by atoms with Gasteiger partial charge < -0.3 is 14.4 Å². The molecule has 29 heavy (non-hydrogen) atoms. The van der Waals surface area contributed by atoms with E-state index in [9.17, 15) is 14.9 Å². The second-order valence-corrected chi connectivity index (χ2v) is 6.77. The van der Waals surface area contributed by atoms with Crippen molar-refractivity contribution < 1.29 is 19.2 Å². The van der Waals surface area contributed by atoms with Crippen LogP contribution in [0.2, 0.25) is 0 Å². The lowest BCUT2D eigenvalue weighted by molar-refractivity contribution is -0.384. The maximum absolute atomic E-state index is 12.5. The fraction of sp³-hybridized carbons (Fsp3) is 0.227. The zero-order valence-corrected chi connectivity index (χ0v) is 15.7. The van der Waals surface area contributed by atoms with Crippen molar-refractivity contribution in [1.29, 1.82) is 0 Å². The van der Waals surface area contributed by atoms with Gasteiger partial charge in [0.15, 0.2) is 0 Å². The van der Waals surface area contributed by atoms with Crippen LogP contribution in [0.15, 0.2) is 60.7 Å². The van der Waals surface area contributed by atoms with E-state index in [-0.39, 0.29) is 17.9 Å². The van der Waals surface area contributed by atoms with Gasteiger partial charge in [-0.05, 0) is 28.5 Å². The van der Waals surface area contributed by atoms with E-state index >= 15 is 0 Å². The third-order valence-corrected chi connectivity index (χ3v) is 5.00. The highest BCUT2D eigenvalue weighted by Gasteiger charge is 2.23. The van der Waals surface area contributed by atoms with Crippen LogP contribution < -0.4 is 4.90 Å². The molecule has 0 aliphatic carbocycles. The number of morpholine rings is 1. The maximum atomic E-state index is 12.5. The predicted molar refractivity (Wildman–Crippen MR) is 109 cm³/mol. The topological polar surface area (TPSA) is 81.9 Å². The molecular weight excluding hydrogens is 372 g/mol. The number of rotatable bonds is 5. The number of carbonyl (C=O) groups excluding carboxylic acids is 1. The van der Waals surface area contributed by atoms with Crippen molar-refractivity contribution in [1.82, 2.24) is 0 Å². The molecule has 0 N–H and O–H groups in total. The summed E-state index contributed by atoms with van der Waals surface area (Å²) in [5, 5.41) is 13.6. The Bertz CT molecular complexity index is 1050. The molecule has 148 valence electrons. The molecule has 1 fully saturated rings. The number of nitrogens with zero attached hydrogens (tertiary/aromatic N) is 2. The van der Waals surface area contributed by atoms with E-state index in [0.717, 1.165) is 16.3 Å². The van der Waals surface area contributed by atoms with E-state index in [1.807, 2.05) is 47.4 Å². The number of ether oxygens (including phenoxy) is 2. The Labute approximate surface area is 167 Å². The molecule has 1 aliphatic rings. The molecule has 0 spiro atoms. The van der Waals surface area contributed by atoms with Gasteiger partial charge in [0.05, 0.1) is 23.7 Å². The zero-order chi connectivity index (χ0) is 20.2. The van der Waals surface area contributed by atoms with Crippen molar-refractivity contribution in [2.75, 3.05) is 31.2 Å². The van der Waals surface area contributed by atoms with E-state index < -0.39 is 10.9 Å². The van der Waals surface area contributed by atoms with Gasteiger partial charge in [0.25, 0.3) is 5.69 Å². The number of esters is 1. The Morgan fingerprint density at radius 2 is 1.83 bits per heavy atom. The minimum absolute atomic E-state index is 0.0964. The summed E-state index contributed by atoms with van der Waals surface area (Å²) in [6, 6.07) is 18.1. The molecule has 1 saturated heterocycles. The summed E-state index contributed by atoms with van der Waals surface area (Å²) < 4.78 is 10.7. The molecule has 3 aromatic rings. The van der Waals surface area contributed by atoms with Crippen molar-refractivity contribution in [3.63, 3.8) is 0 Å². The van der Waals surface area contributed by atoms with Crippen LogP contribution in [0, 0.1) is 10.1 Å². The maximum Gasteiger partial charge on any atom is 0.338 e. The number of carbonyl (C=O) groups is 1. The van der Waals surface area contributed by atoms with Crippen LogP contribution in [0.5, 0.6) is 0 Å². The molecule has 0 radical (unpaired) electrons. The summed E-state index contributed by atoms with van der Waals surface area (Å²) in [5.74, 6) is -0.588. The van der Waals surface area contributed by atoms with Crippen LogP contribution in [-0.4, -0.2) is 37.2 Å². The highest BCUT2D eigenvalue weighted by molar-refractivity contribution is 5.92. The van der Waals surface area contributed by atoms with Crippen molar-refractivity contribution in [3.05, 3.63) is 81.9 Å². The van der Waals surface area contributed by atoms with Gasteiger partial charge in [0.1, 0.15) is 12.3 Å². The highest BCUT2D eigenvalue weighted by Crippen LogP contribution is 2.30. The second kappa shape index (κ2) is 8.28. The summed E-state index contributed by atoms with van der Waals surface area (Å²) in [5.41, 5.74) is 1.43. The molecular formula is C22H20N2O5. The first kappa shape index (κ1) is 18.9. The van der Waals surface area contributed by atoms with Gasteiger partial charge in [-0.1, -0.05) is 42.5 Å². The molecule has 0 saturated carbocycles. The van der Waals surface area contributed by atoms with Crippen molar-refractivity contribution >= 4 is 28.1 Å². The largest absolute Gasteiger partial charge is 0.457 e. The Hall–Kier alpha value is -3.45. The number of nitro groups is 1. The standard InChI is InChI=1S/C22H20N2O5/c25-22(29-15-18-6-3-5-16-4-1-2-7-19(16)18)17-8-9-20(21(14-17)24(26)27)23-10-12-28-13-11-23/h1-9,14H,10-13,15H2. The van der Waals surface area contributed by atoms with Gasteiger partial charge in [0, 0.05) is 19.2 Å². The first-order chi connectivity index (χ1) is 14.1. The predicted octanol–water partition coefficient (Wildman–Crippen LogP) is 3.94. The van der Waals surface area contributed by atoms with Crippen molar-refractivity contribution in [2.24, 2.45) is 0 Å². The SMILES string of the molecule is O=C(OCc1cccc2ccccc12)c1ccc(N2CCOCC2)c([N+](=O)[O-])c1. The van der Waals surface area contributed by atoms with Gasteiger partial charge in [-0.25, -0.2) is 4.79 Å². The van der Waals surface area contributed by atoms with Crippen LogP contribution in [0.4, 0.5) is 11.4 Å². The smallest absolute Gasteiger partial charge is 0.338 e. The molecule has 0 amide bonds. The molecule has 0 bridgehead atoms. The molecule has 1 heterocycles. The molecule has 3 aromatic carbocycles. The first-order valence-corrected chi connectivity index (χ1v) is 9.38. The molecule has 0 unspecified atom stereocenters.